The Bertz CT molecular complexity index is 862. The molecule has 0 bridgehead atoms. The number of nitrogens with zero attached hydrogens (tertiary/aromatic N) is 4. The third kappa shape index (κ3) is 4.33. The molecule has 0 saturated heterocycles. The molecule has 8 heteroatoms. The van der Waals surface area contributed by atoms with Gasteiger partial charge in [-0.25, -0.2) is 4.98 Å². The van der Waals surface area contributed by atoms with Gasteiger partial charge in [-0.15, -0.1) is 0 Å². The molecular formula is C18H22N6O2. The van der Waals surface area contributed by atoms with Crippen LogP contribution in [0, 0.1) is 20.8 Å². The Labute approximate surface area is 151 Å². The highest BCUT2D eigenvalue weighted by Gasteiger charge is 2.12. The van der Waals surface area contributed by atoms with E-state index in [1.54, 1.807) is 0 Å². The first-order valence-corrected chi connectivity index (χ1v) is 8.54. The zero-order valence-electron chi connectivity index (χ0n) is 15.2. The van der Waals surface area contributed by atoms with Gasteiger partial charge in [-0.05, 0) is 43.9 Å². The Morgan fingerprint density at radius 3 is 2.65 bits per heavy atom. The molecule has 2 N–H and O–H groups in total. The van der Waals surface area contributed by atoms with Crippen LogP contribution < -0.4 is 5.32 Å². The molecule has 2 heterocycles. The van der Waals surface area contributed by atoms with E-state index in [9.17, 15) is 4.79 Å². The van der Waals surface area contributed by atoms with Gasteiger partial charge in [-0.2, -0.15) is 10.1 Å². The lowest BCUT2D eigenvalue weighted by atomic mass is 9.97. The standard InChI is InChI=1S/C18H22N6O2/c1-11-8-12(2)14(13(3)9-11)6-7-19-15(25)4-5-16-22-18(24-26-16)17-20-10-21-23-17/h8-10H,4-7H2,1-3H3,(H,19,25)(H,20,21,23). The van der Waals surface area contributed by atoms with Gasteiger partial charge in [0.05, 0.1) is 0 Å². The minimum Gasteiger partial charge on any atom is -0.356 e. The van der Waals surface area contributed by atoms with Crippen molar-refractivity contribution >= 4 is 5.91 Å². The van der Waals surface area contributed by atoms with Gasteiger partial charge in [-0.1, -0.05) is 22.9 Å². The maximum absolute atomic E-state index is 12.0. The molecule has 0 aliphatic heterocycles. The molecule has 0 unspecified atom stereocenters. The Balaban J connectivity index is 1.45. The molecule has 1 aromatic carbocycles. The van der Waals surface area contributed by atoms with E-state index in [1.165, 1.54) is 28.6 Å². The van der Waals surface area contributed by atoms with E-state index < -0.39 is 0 Å². The van der Waals surface area contributed by atoms with Gasteiger partial charge in [0.1, 0.15) is 6.33 Å². The predicted octanol–water partition coefficient (Wildman–Crippen LogP) is 2.07. The summed E-state index contributed by atoms with van der Waals surface area (Å²) in [6, 6.07) is 4.34. The summed E-state index contributed by atoms with van der Waals surface area (Å²) in [4.78, 5) is 20.2. The lowest BCUT2D eigenvalue weighted by Crippen LogP contribution is -2.26. The van der Waals surface area contributed by atoms with E-state index in [-0.39, 0.29) is 5.91 Å². The third-order valence-electron chi connectivity index (χ3n) is 4.20. The summed E-state index contributed by atoms with van der Waals surface area (Å²) in [6.45, 7) is 6.92. The lowest BCUT2D eigenvalue weighted by molar-refractivity contribution is -0.121. The first-order chi connectivity index (χ1) is 12.5. The molecule has 0 saturated carbocycles. The normalized spacial score (nSPS) is 10.9. The molecular weight excluding hydrogens is 332 g/mol. The van der Waals surface area contributed by atoms with Crippen LogP contribution in [-0.4, -0.2) is 37.8 Å². The number of rotatable bonds is 7. The minimum absolute atomic E-state index is 0.0353. The topological polar surface area (TPSA) is 110 Å². The molecule has 0 radical (unpaired) electrons. The fourth-order valence-electron chi connectivity index (χ4n) is 3.01. The molecule has 26 heavy (non-hydrogen) atoms. The Kier molecular flexibility index (Phi) is 5.40. The van der Waals surface area contributed by atoms with Gasteiger partial charge in [0, 0.05) is 19.4 Å². The summed E-state index contributed by atoms with van der Waals surface area (Å²) in [5.41, 5.74) is 5.09. The summed E-state index contributed by atoms with van der Waals surface area (Å²) < 4.78 is 5.13. The van der Waals surface area contributed by atoms with Crippen molar-refractivity contribution < 1.29 is 9.32 Å². The summed E-state index contributed by atoms with van der Waals surface area (Å²) >= 11 is 0. The average molecular weight is 354 g/mol. The van der Waals surface area contributed by atoms with Gasteiger partial charge < -0.3 is 9.84 Å². The van der Waals surface area contributed by atoms with Crippen molar-refractivity contribution in [3.63, 3.8) is 0 Å². The molecule has 0 aliphatic rings. The number of benzene rings is 1. The van der Waals surface area contributed by atoms with Gasteiger partial charge in [0.2, 0.25) is 17.6 Å². The number of H-pyrrole nitrogens is 1. The van der Waals surface area contributed by atoms with Crippen LogP contribution in [0.3, 0.4) is 0 Å². The van der Waals surface area contributed by atoms with Crippen molar-refractivity contribution in [2.75, 3.05) is 6.54 Å². The van der Waals surface area contributed by atoms with E-state index in [2.05, 4.69) is 63.5 Å². The fourth-order valence-corrected chi connectivity index (χ4v) is 3.01. The molecule has 0 aliphatic carbocycles. The number of hydrogen-bond acceptors (Lipinski definition) is 6. The molecule has 2 aromatic heterocycles. The second-order valence-corrected chi connectivity index (χ2v) is 6.32. The van der Waals surface area contributed by atoms with Crippen molar-refractivity contribution in [2.45, 2.75) is 40.0 Å². The summed E-state index contributed by atoms with van der Waals surface area (Å²) in [5.74, 6) is 1.14. The number of carbonyl (C=O) groups excluding carboxylic acids is 1. The van der Waals surface area contributed by atoms with E-state index in [4.69, 9.17) is 4.52 Å². The van der Waals surface area contributed by atoms with Crippen molar-refractivity contribution in [1.82, 2.24) is 30.6 Å². The van der Waals surface area contributed by atoms with E-state index in [0.717, 1.165) is 6.42 Å². The maximum Gasteiger partial charge on any atom is 0.239 e. The largest absolute Gasteiger partial charge is 0.356 e. The summed E-state index contributed by atoms with van der Waals surface area (Å²) in [7, 11) is 0. The fraction of sp³-hybridized carbons (Fsp3) is 0.389. The predicted molar refractivity (Wildman–Crippen MR) is 95.4 cm³/mol. The molecule has 0 spiro atoms. The summed E-state index contributed by atoms with van der Waals surface area (Å²) in [6.07, 6.45) is 2.87. The molecule has 3 rings (SSSR count). The van der Waals surface area contributed by atoms with E-state index >= 15 is 0 Å². The number of aryl methyl sites for hydroxylation is 4. The zero-order chi connectivity index (χ0) is 18.5. The highest BCUT2D eigenvalue weighted by molar-refractivity contribution is 5.76. The molecule has 3 aromatic rings. The highest BCUT2D eigenvalue weighted by Crippen LogP contribution is 2.16. The smallest absolute Gasteiger partial charge is 0.239 e. The molecule has 0 fully saturated rings. The van der Waals surface area contributed by atoms with Crippen LogP contribution in [0.4, 0.5) is 0 Å². The second-order valence-electron chi connectivity index (χ2n) is 6.32. The van der Waals surface area contributed by atoms with Crippen molar-refractivity contribution in [3.8, 4) is 11.6 Å². The quantitative estimate of drug-likeness (QED) is 0.672. The SMILES string of the molecule is Cc1cc(C)c(CCNC(=O)CCc2nc(-c3ncn[nH]3)no2)c(C)c1. The van der Waals surface area contributed by atoms with Crippen molar-refractivity contribution in [2.24, 2.45) is 0 Å². The number of aromatic nitrogens is 5. The van der Waals surface area contributed by atoms with E-state index in [1.807, 2.05) is 0 Å². The van der Waals surface area contributed by atoms with Crippen LogP contribution in [0.2, 0.25) is 0 Å². The molecule has 8 nitrogen and oxygen atoms in total. The van der Waals surface area contributed by atoms with Gasteiger partial charge >= 0.3 is 0 Å². The van der Waals surface area contributed by atoms with Gasteiger partial charge in [0.25, 0.3) is 0 Å². The van der Waals surface area contributed by atoms with E-state index in [0.29, 0.717) is 36.9 Å². The van der Waals surface area contributed by atoms with Crippen LogP contribution in [0.1, 0.15) is 34.6 Å². The monoisotopic (exact) mass is 354 g/mol. The van der Waals surface area contributed by atoms with Crippen LogP contribution in [0.25, 0.3) is 11.6 Å². The second kappa shape index (κ2) is 7.90. The number of hydrogen-bond donors (Lipinski definition) is 2. The van der Waals surface area contributed by atoms with Crippen LogP contribution in [-0.2, 0) is 17.6 Å². The minimum atomic E-state index is -0.0353. The Hall–Kier alpha value is -3.03. The highest BCUT2D eigenvalue weighted by atomic mass is 16.5. The maximum atomic E-state index is 12.0. The average Bonchev–Trinajstić information content (AvgIpc) is 3.26. The third-order valence-corrected chi connectivity index (χ3v) is 4.20. The lowest BCUT2D eigenvalue weighted by Gasteiger charge is -2.12. The van der Waals surface area contributed by atoms with Crippen LogP contribution in [0.5, 0.6) is 0 Å². The van der Waals surface area contributed by atoms with Crippen LogP contribution >= 0.6 is 0 Å². The molecule has 136 valence electrons. The number of amides is 1. The Morgan fingerprint density at radius 1 is 1.19 bits per heavy atom. The van der Waals surface area contributed by atoms with Crippen LogP contribution in [0.15, 0.2) is 23.0 Å². The number of aromatic amines is 1. The van der Waals surface area contributed by atoms with Crippen molar-refractivity contribution in [3.05, 3.63) is 46.6 Å². The molecule has 0 atom stereocenters. The van der Waals surface area contributed by atoms with Gasteiger partial charge in [0.15, 0.2) is 5.82 Å². The molecule has 1 amide bonds. The summed E-state index contributed by atoms with van der Waals surface area (Å²) in [5, 5.41) is 13.2. The van der Waals surface area contributed by atoms with Crippen molar-refractivity contribution in [1.29, 1.82) is 0 Å². The zero-order valence-corrected chi connectivity index (χ0v) is 15.2. The van der Waals surface area contributed by atoms with Gasteiger partial charge in [-0.3, -0.25) is 9.89 Å². The number of carbonyl (C=O) groups is 1. The number of nitrogens with one attached hydrogen (secondary N) is 2. The first-order valence-electron chi connectivity index (χ1n) is 8.54. The first kappa shape index (κ1) is 17.8. The Morgan fingerprint density at radius 2 is 1.96 bits per heavy atom.